The molecule has 0 heterocycles. The number of amides is 2. The van der Waals surface area contributed by atoms with Gasteiger partial charge in [0.15, 0.2) is 12.4 Å². The molecule has 0 spiro atoms. The van der Waals surface area contributed by atoms with Gasteiger partial charge in [-0.1, -0.05) is 35.9 Å². The summed E-state index contributed by atoms with van der Waals surface area (Å²) < 4.78 is 5.10. The summed E-state index contributed by atoms with van der Waals surface area (Å²) in [4.78, 5) is 33.5. The number of ether oxygens (including phenoxy) is 1. The lowest BCUT2D eigenvalue weighted by atomic mass is 10.2. The third kappa shape index (κ3) is 5.91. The number of para-hydroxylation sites is 2. The molecule has 26 heavy (non-hydrogen) atoms. The highest BCUT2D eigenvalue weighted by molar-refractivity contribution is 6.30. The van der Waals surface area contributed by atoms with Crippen molar-refractivity contribution in [3.05, 3.63) is 75.3 Å². The summed E-state index contributed by atoms with van der Waals surface area (Å²) in [5, 5.41) is 11.4. The Hall–Kier alpha value is -3.39. The largest absolute Gasteiger partial charge is 0.477 e. The van der Waals surface area contributed by atoms with Crippen molar-refractivity contribution < 1.29 is 19.2 Å². The number of hydrogen-bond donors (Lipinski definition) is 2. The molecule has 0 saturated heterocycles. The average Bonchev–Trinajstić information content (AvgIpc) is 2.64. The van der Waals surface area contributed by atoms with Crippen LogP contribution >= 0.6 is 11.6 Å². The highest BCUT2D eigenvalue weighted by Crippen LogP contribution is 2.25. The zero-order chi connectivity index (χ0) is 18.9. The summed E-state index contributed by atoms with van der Waals surface area (Å²) in [6.07, 6.45) is 2.77. The summed E-state index contributed by atoms with van der Waals surface area (Å²) in [5.41, 5.74) is 4.82. The molecule has 0 aromatic heterocycles. The molecule has 0 unspecified atom stereocenters. The third-order valence-corrected chi connectivity index (χ3v) is 3.29. The number of nitrogens with zero attached hydrogens (tertiary/aromatic N) is 1. The molecule has 0 aliphatic rings. The molecule has 0 radical (unpaired) electrons. The Kier molecular flexibility index (Phi) is 6.69. The highest BCUT2D eigenvalue weighted by Gasteiger charge is 2.14. The number of nitrogens with one attached hydrogen (secondary N) is 2. The van der Waals surface area contributed by atoms with Gasteiger partial charge in [0, 0.05) is 17.2 Å². The number of carbonyl (C=O) groups excluding carboxylic acids is 2. The van der Waals surface area contributed by atoms with E-state index in [0.29, 0.717) is 5.02 Å². The molecule has 0 fully saturated rings. The lowest BCUT2D eigenvalue weighted by molar-refractivity contribution is -0.385. The summed E-state index contributed by atoms with van der Waals surface area (Å²) in [5.74, 6) is -1.27. The lowest BCUT2D eigenvalue weighted by Gasteiger charge is -2.07. The molecule has 0 aliphatic heterocycles. The number of rotatable bonds is 6. The van der Waals surface area contributed by atoms with Crippen LogP contribution in [0.2, 0.25) is 5.02 Å². The van der Waals surface area contributed by atoms with Crippen LogP contribution in [0.4, 0.5) is 5.69 Å². The van der Waals surface area contributed by atoms with Crippen LogP contribution in [-0.4, -0.2) is 23.3 Å². The highest BCUT2D eigenvalue weighted by atomic mass is 35.5. The second-order valence-electron chi connectivity index (χ2n) is 4.94. The quantitative estimate of drug-likeness (QED) is 0.458. The topological polar surface area (TPSA) is 111 Å². The van der Waals surface area contributed by atoms with Crippen LogP contribution in [0.3, 0.4) is 0 Å². The molecule has 0 aliphatic carbocycles. The van der Waals surface area contributed by atoms with Crippen LogP contribution < -0.4 is 15.6 Å². The van der Waals surface area contributed by atoms with E-state index in [1.165, 1.54) is 24.3 Å². The minimum atomic E-state index is -0.670. The number of hydrogen-bond acceptors (Lipinski definition) is 5. The van der Waals surface area contributed by atoms with Crippen molar-refractivity contribution >= 4 is 35.2 Å². The Morgan fingerprint density at radius 3 is 2.50 bits per heavy atom. The molecule has 2 N–H and O–H groups in total. The second-order valence-corrected chi connectivity index (χ2v) is 5.37. The molecule has 8 nitrogen and oxygen atoms in total. The average molecular weight is 376 g/mol. The zero-order valence-electron chi connectivity index (χ0n) is 13.3. The first-order valence-electron chi connectivity index (χ1n) is 7.34. The molecule has 2 aromatic carbocycles. The van der Waals surface area contributed by atoms with Gasteiger partial charge in [-0.25, -0.2) is 0 Å². The maximum atomic E-state index is 11.7. The van der Waals surface area contributed by atoms with Crippen LogP contribution in [0, 0.1) is 10.1 Å². The molecule has 0 bridgehead atoms. The number of carbonyl (C=O) groups is 2. The van der Waals surface area contributed by atoms with E-state index in [9.17, 15) is 19.7 Å². The van der Waals surface area contributed by atoms with E-state index in [1.807, 2.05) is 0 Å². The van der Waals surface area contributed by atoms with Crippen molar-refractivity contribution in [2.75, 3.05) is 6.61 Å². The Morgan fingerprint density at radius 1 is 1.12 bits per heavy atom. The fourth-order valence-corrected chi connectivity index (χ4v) is 1.95. The normalized spacial score (nSPS) is 10.3. The first-order valence-corrected chi connectivity index (χ1v) is 7.72. The second kappa shape index (κ2) is 9.19. The molecule has 9 heteroatoms. The molecular weight excluding hydrogens is 362 g/mol. The third-order valence-electron chi connectivity index (χ3n) is 3.04. The fourth-order valence-electron chi connectivity index (χ4n) is 1.83. The molecule has 0 saturated carbocycles. The number of nitro benzene ring substituents is 1. The number of nitro groups is 1. The molecule has 2 amide bonds. The van der Waals surface area contributed by atoms with E-state index < -0.39 is 23.3 Å². The van der Waals surface area contributed by atoms with Gasteiger partial charge in [0.2, 0.25) is 0 Å². The summed E-state index contributed by atoms with van der Waals surface area (Å²) in [6, 6.07) is 12.5. The summed E-state index contributed by atoms with van der Waals surface area (Å²) in [7, 11) is 0. The first kappa shape index (κ1) is 18.9. The van der Waals surface area contributed by atoms with Crippen LogP contribution in [0.15, 0.2) is 54.6 Å². The van der Waals surface area contributed by atoms with E-state index in [2.05, 4.69) is 10.9 Å². The van der Waals surface area contributed by atoms with E-state index >= 15 is 0 Å². The SMILES string of the molecule is O=C(/C=C/c1ccc(Cl)cc1)NNC(=O)COc1ccccc1[N+](=O)[O-]. The minimum absolute atomic E-state index is 0.0402. The molecule has 134 valence electrons. The summed E-state index contributed by atoms with van der Waals surface area (Å²) >= 11 is 5.76. The standard InChI is InChI=1S/C17H14ClN3O5/c18-13-8-5-12(6-9-13)7-10-16(22)19-20-17(23)11-26-15-4-2-1-3-14(15)21(24)25/h1-10H,11H2,(H,19,22)(H,20,23)/b10-7+. The van der Waals surface area contributed by atoms with Crippen molar-refractivity contribution in [2.45, 2.75) is 0 Å². The summed E-state index contributed by atoms with van der Waals surface area (Å²) in [6.45, 7) is -0.494. The van der Waals surface area contributed by atoms with Gasteiger partial charge in [-0.3, -0.25) is 30.6 Å². The zero-order valence-corrected chi connectivity index (χ0v) is 14.1. The van der Waals surface area contributed by atoms with E-state index in [1.54, 1.807) is 36.4 Å². The van der Waals surface area contributed by atoms with Gasteiger partial charge in [-0.15, -0.1) is 0 Å². The van der Waals surface area contributed by atoms with Gasteiger partial charge in [0.1, 0.15) is 0 Å². The van der Waals surface area contributed by atoms with E-state index in [-0.39, 0.29) is 11.4 Å². The Labute approximate surface area is 153 Å². The van der Waals surface area contributed by atoms with E-state index in [0.717, 1.165) is 5.56 Å². The van der Waals surface area contributed by atoms with Crippen LogP contribution in [0.1, 0.15) is 5.56 Å². The van der Waals surface area contributed by atoms with Crippen LogP contribution in [0.25, 0.3) is 6.08 Å². The fraction of sp³-hybridized carbons (Fsp3) is 0.0588. The van der Waals surface area contributed by atoms with Crippen LogP contribution in [-0.2, 0) is 9.59 Å². The predicted molar refractivity (Wildman–Crippen MR) is 95.4 cm³/mol. The maximum absolute atomic E-state index is 11.7. The monoisotopic (exact) mass is 375 g/mol. The number of halogens is 1. The Morgan fingerprint density at radius 2 is 1.81 bits per heavy atom. The van der Waals surface area contributed by atoms with E-state index in [4.69, 9.17) is 16.3 Å². The van der Waals surface area contributed by atoms with Crippen molar-refractivity contribution in [3.8, 4) is 5.75 Å². The van der Waals surface area contributed by atoms with Crippen molar-refractivity contribution in [2.24, 2.45) is 0 Å². The first-order chi connectivity index (χ1) is 12.5. The van der Waals surface area contributed by atoms with Gasteiger partial charge in [0.05, 0.1) is 4.92 Å². The maximum Gasteiger partial charge on any atom is 0.310 e. The molecule has 0 atom stereocenters. The number of benzene rings is 2. The lowest BCUT2D eigenvalue weighted by Crippen LogP contribution is -2.43. The van der Waals surface area contributed by atoms with Gasteiger partial charge in [0.25, 0.3) is 11.8 Å². The Bertz CT molecular complexity index is 837. The van der Waals surface area contributed by atoms with Crippen LogP contribution in [0.5, 0.6) is 5.75 Å². The molecule has 2 aromatic rings. The number of hydrazine groups is 1. The van der Waals surface area contributed by atoms with Crippen molar-refractivity contribution in [3.63, 3.8) is 0 Å². The Balaban J connectivity index is 1.79. The molecular formula is C17H14ClN3O5. The smallest absolute Gasteiger partial charge is 0.310 e. The van der Waals surface area contributed by atoms with Gasteiger partial charge in [-0.2, -0.15) is 0 Å². The molecule has 2 rings (SSSR count). The van der Waals surface area contributed by atoms with Gasteiger partial charge in [-0.05, 0) is 29.8 Å². The minimum Gasteiger partial charge on any atom is -0.477 e. The predicted octanol–water partition coefficient (Wildman–Crippen LogP) is 2.49. The van der Waals surface area contributed by atoms with Crippen molar-refractivity contribution in [1.29, 1.82) is 0 Å². The van der Waals surface area contributed by atoms with Gasteiger partial charge >= 0.3 is 5.69 Å². The van der Waals surface area contributed by atoms with Gasteiger partial charge < -0.3 is 4.74 Å². The van der Waals surface area contributed by atoms with Crippen molar-refractivity contribution in [1.82, 2.24) is 10.9 Å².